The van der Waals surface area contributed by atoms with Crippen molar-refractivity contribution in [1.29, 1.82) is 0 Å². The van der Waals surface area contributed by atoms with Crippen LogP contribution < -0.4 is 0 Å². The van der Waals surface area contributed by atoms with E-state index in [1.807, 2.05) is 0 Å². The summed E-state index contributed by atoms with van der Waals surface area (Å²) in [6.07, 6.45) is 10.7. The van der Waals surface area contributed by atoms with Crippen LogP contribution in [0.15, 0.2) is 36.4 Å². The summed E-state index contributed by atoms with van der Waals surface area (Å²) in [5, 5.41) is 0. The minimum absolute atomic E-state index is 0.370. The van der Waals surface area contributed by atoms with Gasteiger partial charge in [-0.3, -0.25) is 0 Å². The molecule has 0 spiro atoms. The Bertz CT molecular complexity index is 401. The second-order valence-corrected chi connectivity index (χ2v) is 5.54. The van der Waals surface area contributed by atoms with Gasteiger partial charge in [-0.05, 0) is 36.3 Å². The molecule has 1 aromatic carbocycles. The summed E-state index contributed by atoms with van der Waals surface area (Å²) in [4.78, 5) is 0. The van der Waals surface area contributed by atoms with Crippen LogP contribution in [0, 0.1) is 5.92 Å². The van der Waals surface area contributed by atoms with Gasteiger partial charge in [0.25, 0.3) is 0 Å². The van der Waals surface area contributed by atoms with Crippen LogP contribution in [0.4, 0.5) is 0 Å². The zero-order chi connectivity index (χ0) is 12.2. The zero-order valence-corrected chi connectivity index (χ0v) is 11.0. The molecule has 18 heavy (non-hydrogen) atoms. The van der Waals surface area contributed by atoms with E-state index in [-0.39, 0.29) is 0 Å². The van der Waals surface area contributed by atoms with Crippen LogP contribution in [0.3, 0.4) is 0 Å². The van der Waals surface area contributed by atoms with Crippen LogP contribution in [0.25, 0.3) is 5.57 Å². The van der Waals surface area contributed by atoms with Crippen molar-refractivity contribution < 1.29 is 4.74 Å². The van der Waals surface area contributed by atoms with E-state index in [1.165, 1.54) is 43.2 Å². The molecule has 1 unspecified atom stereocenters. The van der Waals surface area contributed by atoms with Crippen molar-refractivity contribution in [3.05, 3.63) is 42.0 Å². The van der Waals surface area contributed by atoms with Crippen LogP contribution in [0.1, 0.15) is 44.1 Å². The van der Waals surface area contributed by atoms with E-state index in [0.29, 0.717) is 6.10 Å². The predicted octanol–water partition coefficient (Wildman–Crippen LogP) is 4.44. The van der Waals surface area contributed by atoms with Crippen molar-refractivity contribution in [3.8, 4) is 0 Å². The normalized spacial score (nSPS) is 25.8. The van der Waals surface area contributed by atoms with E-state index < -0.39 is 0 Å². The first-order chi connectivity index (χ1) is 8.93. The molecule has 1 aliphatic heterocycles. The van der Waals surface area contributed by atoms with E-state index in [0.717, 1.165) is 18.9 Å². The highest BCUT2D eigenvalue weighted by molar-refractivity contribution is 5.66. The first kappa shape index (κ1) is 12.0. The average Bonchev–Trinajstić information content (AvgIpc) is 2.49. The number of hydrogen-bond donors (Lipinski definition) is 0. The molecule has 1 saturated carbocycles. The van der Waals surface area contributed by atoms with E-state index in [4.69, 9.17) is 4.74 Å². The van der Waals surface area contributed by atoms with Crippen LogP contribution >= 0.6 is 0 Å². The smallest absolute Gasteiger partial charge is 0.0789 e. The second-order valence-electron chi connectivity index (χ2n) is 5.54. The van der Waals surface area contributed by atoms with Gasteiger partial charge in [-0.2, -0.15) is 0 Å². The standard InChI is InChI=1S/C17H22O/c1-3-7-14(8-4-1)16-11-12-18-17(13-16)15-9-5-2-6-10-15/h1,3-4,7-8,13,15,17H,2,5-6,9-12H2. The fourth-order valence-corrected chi connectivity index (χ4v) is 3.26. The van der Waals surface area contributed by atoms with Crippen LogP contribution in [0.5, 0.6) is 0 Å². The summed E-state index contributed by atoms with van der Waals surface area (Å²) in [5.74, 6) is 0.762. The summed E-state index contributed by atoms with van der Waals surface area (Å²) in [5.41, 5.74) is 2.86. The monoisotopic (exact) mass is 242 g/mol. The highest BCUT2D eigenvalue weighted by Crippen LogP contribution is 2.33. The summed E-state index contributed by atoms with van der Waals surface area (Å²) < 4.78 is 5.99. The Kier molecular flexibility index (Phi) is 3.80. The highest BCUT2D eigenvalue weighted by Gasteiger charge is 2.25. The molecule has 0 bridgehead atoms. The highest BCUT2D eigenvalue weighted by atomic mass is 16.5. The Morgan fingerprint density at radius 2 is 1.72 bits per heavy atom. The fraction of sp³-hybridized carbons (Fsp3) is 0.529. The molecule has 0 amide bonds. The molecule has 0 radical (unpaired) electrons. The molecule has 1 nitrogen and oxygen atoms in total. The van der Waals surface area contributed by atoms with Gasteiger partial charge in [0.15, 0.2) is 0 Å². The summed E-state index contributed by atoms with van der Waals surface area (Å²) >= 11 is 0. The van der Waals surface area contributed by atoms with Gasteiger partial charge in [-0.15, -0.1) is 0 Å². The van der Waals surface area contributed by atoms with Crippen molar-refractivity contribution in [2.45, 2.75) is 44.6 Å². The van der Waals surface area contributed by atoms with Gasteiger partial charge in [0.05, 0.1) is 12.7 Å². The number of benzene rings is 1. The third-order valence-electron chi connectivity index (χ3n) is 4.31. The molecule has 2 aliphatic rings. The van der Waals surface area contributed by atoms with E-state index in [2.05, 4.69) is 36.4 Å². The molecule has 1 heteroatoms. The minimum Gasteiger partial charge on any atom is -0.374 e. The molecule has 1 fully saturated rings. The molecule has 96 valence electrons. The van der Waals surface area contributed by atoms with Crippen molar-refractivity contribution in [2.75, 3.05) is 6.61 Å². The molecular formula is C17H22O. The van der Waals surface area contributed by atoms with Crippen LogP contribution in [-0.4, -0.2) is 12.7 Å². The predicted molar refractivity (Wildman–Crippen MR) is 75.4 cm³/mol. The molecule has 1 aliphatic carbocycles. The molecule has 0 saturated heterocycles. The second kappa shape index (κ2) is 5.71. The van der Waals surface area contributed by atoms with Gasteiger partial charge in [0, 0.05) is 0 Å². The maximum atomic E-state index is 5.99. The van der Waals surface area contributed by atoms with E-state index in [1.54, 1.807) is 0 Å². The zero-order valence-electron chi connectivity index (χ0n) is 11.0. The topological polar surface area (TPSA) is 9.23 Å². The van der Waals surface area contributed by atoms with Crippen molar-refractivity contribution in [3.63, 3.8) is 0 Å². The summed E-state index contributed by atoms with van der Waals surface area (Å²) in [6, 6.07) is 10.8. The average molecular weight is 242 g/mol. The lowest BCUT2D eigenvalue weighted by atomic mass is 9.83. The van der Waals surface area contributed by atoms with E-state index in [9.17, 15) is 0 Å². The first-order valence-corrected chi connectivity index (χ1v) is 7.31. The number of ether oxygens (including phenoxy) is 1. The maximum absolute atomic E-state index is 5.99. The quantitative estimate of drug-likeness (QED) is 0.745. The molecule has 3 rings (SSSR count). The van der Waals surface area contributed by atoms with Crippen molar-refractivity contribution >= 4 is 5.57 Å². The Balaban J connectivity index is 1.77. The molecule has 0 N–H and O–H groups in total. The molecular weight excluding hydrogens is 220 g/mol. The van der Waals surface area contributed by atoms with Gasteiger partial charge in [-0.25, -0.2) is 0 Å². The van der Waals surface area contributed by atoms with Gasteiger partial charge >= 0.3 is 0 Å². The summed E-state index contributed by atoms with van der Waals surface area (Å²) in [6.45, 7) is 0.891. The fourth-order valence-electron chi connectivity index (χ4n) is 3.26. The summed E-state index contributed by atoms with van der Waals surface area (Å²) in [7, 11) is 0. The third kappa shape index (κ3) is 2.67. The van der Waals surface area contributed by atoms with Crippen LogP contribution in [0.2, 0.25) is 0 Å². The Labute approximate surface area is 110 Å². The third-order valence-corrected chi connectivity index (χ3v) is 4.31. The number of rotatable bonds is 2. The number of hydrogen-bond acceptors (Lipinski definition) is 1. The molecule has 1 heterocycles. The Morgan fingerprint density at radius 3 is 2.50 bits per heavy atom. The molecule has 1 atom stereocenters. The van der Waals surface area contributed by atoms with Crippen molar-refractivity contribution in [1.82, 2.24) is 0 Å². The van der Waals surface area contributed by atoms with Gasteiger partial charge in [-0.1, -0.05) is 55.7 Å². The van der Waals surface area contributed by atoms with Crippen LogP contribution in [-0.2, 0) is 4.74 Å². The molecule has 1 aromatic rings. The largest absolute Gasteiger partial charge is 0.374 e. The SMILES string of the molecule is C1=C(c2ccccc2)CCOC1C1CCCCC1. The van der Waals surface area contributed by atoms with Crippen molar-refractivity contribution in [2.24, 2.45) is 5.92 Å². The lowest BCUT2D eigenvalue weighted by molar-refractivity contribution is 0.0292. The lowest BCUT2D eigenvalue weighted by Crippen LogP contribution is -2.27. The first-order valence-electron chi connectivity index (χ1n) is 7.31. The molecule has 0 aromatic heterocycles. The van der Waals surface area contributed by atoms with Gasteiger partial charge in [0.1, 0.15) is 0 Å². The van der Waals surface area contributed by atoms with Gasteiger partial charge < -0.3 is 4.74 Å². The minimum atomic E-state index is 0.370. The Morgan fingerprint density at radius 1 is 0.944 bits per heavy atom. The Hall–Kier alpha value is -1.08. The lowest BCUT2D eigenvalue weighted by Gasteiger charge is -2.31. The maximum Gasteiger partial charge on any atom is 0.0789 e. The van der Waals surface area contributed by atoms with Gasteiger partial charge in [0.2, 0.25) is 0 Å². The van der Waals surface area contributed by atoms with E-state index >= 15 is 0 Å².